The highest BCUT2D eigenvalue weighted by atomic mass is 79.9. The van der Waals surface area contributed by atoms with Gasteiger partial charge in [-0.1, -0.05) is 18.2 Å². The van der Waals surface area contributed by atoms with Crippen LogP contribution in [0.3, 0.4) is 0 Å². The maximum atomic E-state index is 13.8. The monoisotopic (exact) mass is 492 g/mol. The van der Waals surface area contributed by atoms with Crippen LogP contribution in [0, 0.1) is 12.7 Å². The Morgan fingerprint density at radius 3 is 2.77 bits per heavy atom. The molecule has 156 valence electrons. The molecule has 0 saturated heterocycles. The number of halogens is 2. The van der Waals surface area contributed by atoms with Crippen LogP contribution < -0.4 is 14.6 Å². The van der Waals surface area contributed by atoms with E-state index in [1.54, 1.807) is 37.3 Å². The van der Waals surface area contributed by atoms with E-state index in [9.17, 15) is 14.3 Å². The van der Waals surface area contributed by atoms with Gasteiger partial charge in [-0.15, -0.1) is 5.10 Å². The van der Waals surface area contributed by atoms with E-state index in [1.807, 2.05) is 0 Å². The molecule has 0 amide bonds. The van der Waals surface area contributed by atoms with Crippen molar-refractivity contribution in [1.82, 2.24) is 15.2 Å². The number of nitrogens with zero attached hydrogens (tertiary/aromatic N) is 2. The van der Waals surface area contributed by atoms with Gasteiger partial charge < -0.3 is 19.4 Å². The second-order valence-corrected chi connectivity index (χ2v) is 7.88. The lowest BCUT2D eigenvalue weighted by molar-refractivity contribution is -0.298. The first-order valence-corrected chi connectivity index (χ1v) is 10.2. The SMILES string of the molecule is COc1cc(/C=C(\Sc2n[nH]c(C)n2)C(=O)[O-])cc(Br)c1OCc1ccccc1F. The van der Waals surface area contributed by atoms with Gasteiger partial charge in [-0.3, -0.25) is 5.10 Å². The third-order valence-corrected chi connectivity index (χ3v) is 5.32. The third-order valence-electron chi connectivity index (χ3n) is 3.86. The summed E-state index contributed by atoms with van der Waals surface area (Å²) in [6.45, 7) is 1.71. The van der Waals surface area contributed by atoms with Crippen molar-refractivity contribution in [2.24, 2.45) is 0 Å². The topological polar surface area (TPSA) is 100 Å². The van der Waals surface area contributed by atoms with Crippen molar-refractivity contribution in [1.29, 1.82) is 0 Å². The lowest BCUT2D eigenvalue weighted by Gasteiger charge is -2.14. The van der Waals surface area contributed by atoms with Gasteiger partial charge >= 0.3 is 0 Å². The summed E-state index contributed by atoms with van der Waals surface area (Å²) >= 11 is 4.26. The second-order valence-electron chi connectivity index (χ2n) is 6.02. The largest absolute Gasteiger partial charge is 0.544 e. The van der Waals surface area contributed by atoms with Gasteiger partial charge in [-0.05, 0) is 64.5 Å². The normalized spacial score (nSPS) is 11.4. The lowest BCUT2D eigenvalue weighted by Crippen LogP contribution is -2.23. The number of nitrogens with one attached hydrogen (secondary N) is 1. The summed E-state index contributed by atoms with van der Waals surface area (Å²) in [4.78, 5) is 15.5. The van der Waals surface area contributed by atoms with Crippen molar-refractivity contribution >= 4 is 39.7 Å². The van der Waals surface area contributed by atoms with E-state index in [1.165, 1.54) is 19.3 Å². The molecule has 1 aromatic heterocycles. The Balaban J connectivity index is 1.87. The van der Waals surface area contributed by atoms with Crippen LogP contribution in [0.4, 0.5) is 4.39 Å². The number of hydrogen-bond donors (Lipinski definition) is 1. The van der Waals surface area contributed by atoms with Crippen LogP contribution in [0.2, 0.25) is 0 Å². The molecule has 1 N–H and O–H groups in total. The minimum absolute atomic E-state index is 0.00114. The Labute approximate surface area is 184 Å². The molecule has 0 aliphatic carbocycles. The second kappa shape index (κ2) is 9.77. The van der Waals surface area contributed by atoms with Crippen LogP contribution in [0.1, 0.15) is 17.0 Å². The molecular formula is C20H16BrFN3O4S-. The Bertz CT molecular complexity index is 1100. The molecule has 0 spiro atoms. The fraction of sp³-hybridized carbons (Fsp3) is 0.150. The zero-order valence-electron chi connectivity index (χ0n) is 15.9. The van der Waals surface area contributed by atoms with Gasteiger partial charge in [0.1, 0.15) is 18.2 Å². The number of rotatable bonds is 8. The minimum atomic E-state index is -1.36. The van der Waals surface area contributed by atoms with E-state index >= 15 is 0 Å². The van der Waals surface area contributed by atoms with Gasteiger partial charge in [0.2, 0.25) is 5.16 Å². The average Bonchev–Trinajstić information content (AvgIpc) is 3.12. The first-order chi connectivity index (χ1) is 14.4. The molecule has 3 rings (SSSR count). The fourth-order valence-electron chi connectivity index (χ4n) is 2.48. The van der Waals surface area contributed by atoms with Gasteiger partial charge in [0, 0.05) is 10.5 Å². The molecule has 2 aromatic carbocycles. The number of methoxy groups -OCH3 is 1. The standard InChI is InChI=1S/C20H17BrFN3O4S/c1-11-23-20(25-24-11)30-17(19(26)27)9-12-7-14(21)18(16(8-12)28-2)29-10-13-5-3-4-6-15(13)22/h3-9H,10H2,1-2H3,(H,26,27)(H,23,24,25)/p-1/b17-9-. The summed E-state index contributed by atoms with van der Waals surface area (Å²) in [6, 6.07) is 9.56. The molecule has 7 nitrogen and oxygen atoms in total. The van der Waals surface area contributed by atoms with Crippen LogP contribution >= 0.6 is 27.7 Å². The predicted octanol–water partition coefficient (Wildman–Crippen LogP) is 3.49. The Kier molecular flexibility index (Phi) is 7.11. The number of carboxylic acids is 1. The highest BCUT2D eigenvalue weighted by Crippen LogP contribution is 2.38. The summed E-state index contributed by atoms with van der Waals surface area (Å²) in [5, 5.41) is 18.4. The number of aromatic amines is 1. The smallest absolute Gasteiger partial charge is 0.213 e. The molecular weight excluding hydrogens is 477 g/mol. The predicted molar refractivity (Wildman–Crippen MR) is 111 cm³/mol. The third kappa shape index (κ3) is 5.39. The molecule has 10 heteroatoms. The number of hydrogen-bond acceptors (Lipinski definition) is 7. The summed E-state index contributed by atoms with van der Waals surface area (Å²) in [5.74, 6) is -0.452. The first kappa shape index (κ1) is 21.8. The number of aromatic nitrogens is 3. The van der Waals surface area contributed by atoms with Crippen molar-refractivity contribution in [2.75, 3.05) is 7.11 Å². The Hall–Kier alpha value is -2.85. The van der Waals surface area contributed by atoms with Crippen molar-refractivity contribution in [3.05, 3.63) is 68.5 Å². The van der Waals surface area contributed by atoms with Crippen molar-refractivity contribution in [3.63, 3.8) is 0 Å². The summed E-state index contributed by atoms with van der Waals surface area (Å²) in [6.07, 6.45) is 1.42. The van der Waals surface area contributed by atoms with Crippen molar-refractivity contribution < 1.29 is 23.8 Å². The highest BCUT2D eigenvalue weighted by molar-refractivity contribution is 9.10. The number of carbonyl (C=O) groups is 1. The van der Waals surface area contributed by atoms with E-state index in [-0.39, 0.29) is 22.5 Å². The van der Waals surface area contributed by atoms with Crippen LogP contribution in [0.5, 0.6) is 11.5 Å². The zero-order chi connectivity index (χ0) is 21.7. The Morgan fingerprint density at radius 1 is 1.37 bits per heavy atom. The van der Waals surface area contributed by atoms with Crippen molar-refractivity contribution in [2.45, 2.75) is 18.7 Å². The van der Waals surface area contributed by atoms with E-state index < -0.39 is 5.97 Å². The first-order valence-electron chi connectivity index (χ1n) is 8.61. The molecule has 1 heterocycles. The number of thioether (sulfide) groups is 1. The summed E-state index contributed by atoms with van der Waals surface area (Å²) in [5.41, 5.74) is 0.920. The number of carboxylic acid groups (broad SMARTS) is 1. The molecule has 0 aliphatic heterocycles. The molecule has 0 atom stereocenters. The molecule has 0 fully saturated rings. The molecule has 3 aromatic rings. The maximum absolute atomic E-state index is 13.8. The molecule has 0 bridgehead atoms. The number of benzene rings is 2. The summed E-state index contributed by atoms with van der Waals surface area (Å²) < 4.78 is 25.5. The average molecular weight is 493 g/mol. The van der Waals surface area contributed by atoms with Crippen LogP contribution in [-0.2, 0) is 11.4 Å². The quantitative estimate of drug-likeness (QED) is 0.379. The summed E-state index contributed by atoms with van der Waals surface area (Å²) in [7, 11) is 1.45. The van der Waals surface area contributed by atoms with Crippen LogP contribution in [-0.4, -0.2) is 28.3 Å². The molecule has 30 heavy (non-hydrogen) atoms. The van der Waals surface area contributed by atoms with Crippen LogP contribution in [0.15, 0.2) is 50.9 Å². The number of H-pyrrole nitrogens is 1. The van der Waals surface area contributed by atoms with Gasteiger partial charge in [-0.25, -0.2) is 9.37 Å². The van der Waals surface area contributed by atoms with Gasteiger partial charge in [0.05, 0.1) is 17.6 Å². The molecule has 0 radical (unpaired) electrons. The van der Waals surface area contributed by atoms with E-state index in [0.717, 1.165) is 11.8 Å². The zero-order valence-corrected chi connectivity index (χ0v) is 18.3. The maximum Gasteiger partial charge on any atom is 0.213 e. The minimum Gasteiger partial charge on any atom is -0.544 e. The lowest BCUT2D eigenvalue weighted by atomic mass is 10.2. The van der Waals surface area contributed by atoms with Crippen molar-refractivity contribution in [3.8, 4) is 11.5 Å². The number of ether oxygens (including phenoxy) is 2. The van der Waals surface area contributed by atoms with Gasteiger partial charge in [0.25, 0.3) is 0 Å². The van der Waals surface area contributed by atoms with E-state index in [4.69, 9.17) is 9.47 Å². The molecule has 0 saturated carbocycles. The van der Waals surface area contributed by atoms with Crippen LogP contribution in [0.25, 0.3) is 6.08 Å². The molecule has 0 aliphatic rings. The number of carbonyl (C=O) groups excluding carboxylic acids is 1. The van der Waals surface area contributed by atoms with E-state index in [2.05, 4.69) is 31.1 Å². The fourth-order valence-corrected chi connectivity index (χ4v) is 3.80. The highest BCUT2D eigenvalue weighted by Gasteiger charge is 2.14. The number of aliphatic carboxylic acids is 1. The van der Waals surface area contributed by atoms with E-state index in [0.29, 0.717) is 32.9 Å². The number of aryl methyl sites for hydroxylation is 1. The van der Waals surface area contributed by atoms with Gasteiger partial charge in [0.15, 0.2) is 11.5 Å². The van der Waals surface area contributed by atoms with Gasteiger partial charge in [-0.2, -0.15) is 0 Å². The Morgan fingerprint density at radius 2 is 2.13 bits per heavy atom. The molecule has 0 unspecified atom stereocenters.